The standard InChI is InChI=1S/C14H18N4O3S/c19-11(6-17-8-22-7-12(17)20)18-5-1-2-10(18)13-15-14(21-16-13)9-3-4-9/h9-10H,1-8H2/t10-/m0/s1. The summed E-state index contributed by atoms with van der Waals surface area (Å²) in [5.41, 5.74) is 0. The zero-order valence-corrected chi connectivity index (χ0v) is 13.0. The van der Waals surface area contributed by atoms with E-state index in [0.717, 1.165) is 25.7 Å². The first-order valence-electron chi connectivity index (χ1n) is 7.71. The maximum atomic E-state index is 12.5. The molecular weight excluding hydrogens is 304 g/mol. The van der Waals surface area contributed by atoms with Crippen LogP contribution in [-0.4, -0.2) is 56.5 Å². The first kappa shape index (κ1) is 14.0. The Morgan fingerprint density at radius 2 is 2.23 bits per heavy atom. The van der Waals surface area contributed by atoms with Crippen molar-refractivity contribution in [3.63, 3.8) is 0 Å². The summed E-state index contributed by atoms with van der Waals surface area (Å²) in [6.45, 7) is 0.863. The van der Waals surface area contributed by atoms with Crippen LogP contribution in [0.2, 0.25) is 0 Å². The Hall–Kier alpha value is -1.57. The highest BCUT2D eigenvalue weighted by molar-refractivity contribution is 8.00. The van der Waals surface area contributed by atoms with Gasteiger partial charge in [0.25, 0.3) is 0 Å². The van der Waals surface area contributed by atoms with Gasteiger partial charge in [0.15, 0.2) is 5.82 Å². The summed E-state index contributed by atoms with van der Waals surface area (Å²) in [4.78, 5) is 32.1. The third-order valence-electron chi connectivity index (χ3n) is 4.41. The van der Waals surface area contributed by atoms with Crippen LogP contribution < -0.4 is 0 Å². The van der Waals surface area contributed by atoms with Crippen LogP contribution in [0.25, 0.3) is 0 Å². The molecule has 0 spiro atoms. The van der Waals surface area contributed by atoms with Gasteiger partial charge in [-0.15, -0.1) is 11.8 Å². The van der Waals surface area contributed by atoms with Crippen molar-refractivity contribution in [1.82, 2.24) is 19.9 Å². The average Bonchev–Trinajstić information content (AvgIpc) is 2.92. The van der Waals surface area contributed by atoms with Crippen molar-refractivity contribution in [2.75, 3.05) is 24.7 Å². The highest BCUT2D eigenvalue weighted by atomic mass is 32.2. The van der Waals surface area contributed by atoms with E-state index in [4.69, 9.17) is 4.52 Å². The van der Waals surface area contributed by atoms with Gasteiger partial charge < -0.3 is 14.3 Å². The molecule has 1 aromatic rings. The fourth-order valence-electron chi connectivity index (χ4n) is 3.01. The topological polar surface area (TPSA) is 79.5 Å². The number of hydrogen-bond acceptors (Lipinski definition) is 6. The summed E-state index contributed by atoms with van der Waals surface area (Å²) in [6.07, 6.45) is 4.03. The Morgan fingerprint density at radius 3 is 2.95 bits per heavy atom. The van der Waals surface area contributed by atoms with Crippen LogP contribution in [0.4, 0.5) is 0 Å². The van der Waals surface area contributed by atoms with Gasteiger partial charge in [0.05, 0.1) is 17.7 Å². The van der Waals surface area contributed by atoms with E-state index < -0.39 is 0 Å². The minimum Gasteiger partial charge on any atom is -0.339 e. The number of rotatable bonds is 4. The molecule has 0 bridgehead atoms. The number of likely N-dealkylation sites (tertiary alicyclic amines) is 1. The van der Waals surface area contributed by atoms with Crippen molar-refractivity contribution < 1.29 is 14.1 Å². The van der Waals surface area contributed by atoms with Crippen molar-refractivity contribution >= 4 is 23.6 Å². The summed E-state index contributed by atoms with van der Waals surface area (Å²) < 4.78 is 5.31. The Morgan fingerprint density at radius 1 is 1.36 bits per heavy atom. The quantitative estimate of drug-likeness (QED) is 0.827. The first-order valence-corrected chi connectivity index (χ1v) is 8.86. The number of thioether (sulfide) groups is 1. The van der Waals surface area contributed by atoms with Gasteiger partial charge in [0.2, 0.25) is 17.7 Å². The maximum absolute atomic E-state index is 12.5. The number of carbonyl (C=O) groups excluding carboxylic acids is 2. The van der Waals surface area contributed by atoms with Crippen molar-refractivity contribution in [2.24, 2.45) is 0 Å². The molecule has 4 rings (SSSR count). The molecule has 0 aromatic carbocycles. The Balaban J connectivity index is 1.45. The van der Waals surface area contributed by atoms with Crippen molar-refractivity contribution in [1.29, 1.82) is 0 Å². The third-order valence-corrected chi connectivity index (χ3v) is 5.35. The van der Waals surface area contributed by atoms with Crippen LogP contribution in [-0.2, 0) is 9.59 Å². The predicted molar refractivity (Wildman–Crippen MR) is 79.0 cm³/mol. The molecule has 2 amide bonds. The fraction of sp³-hybridized carbons (Fsp3) is 0.714. The number of carbonyl (C=O) groups is 2. The van der Waals surface area contributed by atoms with Gasteiger partial charge in [-0.3, -0.25) is 9.59 Å². The van der Waals surface area contributed by atoms with Crippen LogP contribution >= 0.6 is 11.8 Å². The van der Waals surface area contributed by atoms with Crippen LogP contribution in [0.15, 0.2) is 4.52 Å². The molecule has 1 atom stereocenters. The molecule has 2 saturated heterocycles. The molecule has 1 aromatic heterocycles. The second-order valence-electron chi connectivity index (χ2n) is 6.08. The van der Waals surface area contributed by atoms with Gasteiger partial charge in [0, 0.05) is 12.5 Å². The van der Waals surface area contributed by atoms with E-state index in [-0.39, 0.29) is 24.4 Å². The molecule has 3 heterocycles. The van der Waals surface area contributed by atoms with Crippen LogP contribution in [0.5, 0.6) is 0 Å². The average molecular weight is 322 g/mol. The van der Waals surface area contributed by atoms with Crippen molar-refractivity contribution in [3.8, 4) is 0 Å². The maximum Gasteiger partial charge on any atom is 0.242 e. The lowest BCUT2D eigenvalue weighted by Gasteiger charge is -2.24. The molecule has 0 N–H and O–H groups in total. The van der Waals surface area contributed by atoms with Gasteiger partial charge in [-0.1, -0.05) is 5.16 Å². The lowest BCUT2D eigenvalue weighted by Crippen LogP contribution is -2.41. The summed E-state index contributed by atoms with van der Waals surface area (Å²) in [7, 11) is 0. The molecule has 22 heavy (non-hydrogen) atoms. The summed E-state index contributed by atoms with van der Waals surface area (Å²) >= 11 is 1.55. The van der Waals surface area contributed by atoms with Crippen molar-refractivity contribution in [2.45, 2.75) is 37.6 Å². The van der Waals surface area contributed by atoms with E-state index in [2.05, 4.69) is 10.1 Å². The molecule has 3 aliphatic rings. The Bertz CT molecular complexity index is 601. The predicted octanol–water partition coefficient (Wildman–Crippen LogP) is 1.14. The summed E-state index contributed by atoms with van der Waals surface area (Å²) in [5.74, 6) is 2.87. The number of amides is 2. The van der Waals surface area contributed by atoms with E-state index in [1.165, 1.54) is 0 Å². The summed E-state index contributed by atoms with van der Waals surface area (Å²) in [6, 6.07) is -0.103. The molecule has 8 heteroatoms. The zero-order chi connectivity index (χ0) is 15.1. The largest absolute Gasteiger partial charge is 0.339 e. The van der Waals surface area contributed by atoms with Crippen LogP contribution in [0.1, 0.15) is 49.4 Å². The van der Waals surface area contributed by atoms with Crippen LogP contribution in [0.3, 0.4) is 0 Å². The smallest absolute Gasteiger partial charge is 0.242 e. The Kier molecular flexibility index (Phi) is 3.56. The minimum atomic E-state index is -0.103. The molecule has 0 unspecified atom stereocenters. The molecule has 0 radical (unpaired) electrons. The zero-order valence-electron chi connectivity index (χ0n) is 12.2. The van der Waals surface area contributed by atoms with E-state index in [1.54, 1.807) is 21.6 Å². The molecule has 1 saturated carbocycles. The normalized spacial score (nSPS) is 25.3. The summed E-state index contributed by atoms with van der Waals surface area (Å²) in [5, 5.41) is 4.07. The minimum absolute atomic E-state index is 0.0175. The van der Waals surface area contributed by atoms with Gasteiger partial charge in [0.1, 0.15) is 6.54 Å². The van der Waals surface area contributed by atoms with Gasteiger partial charge in [-0.2, -0.15) is 4.98 Å². The first-order chi connectivity index (χ1) is 10.7. The highest BCUT2D eigenvalue weighted by Gasteiger charge is 2.37. The Labute approximate surface area is 132 Å². The molecule has 3 fully saturated rings. The van der Waals surface area contributed by atoms with Crippen LogP contribution in [0, 0.1) is 0 Å². The van der Waals surface area contributed by atoms with E-state index in [1.807, 2.05) is 0 Å². The van der Waals surface area contributed by atoms with E-state index >= 15 is 0 Å². The molecule has 1 aliphatic carbocycles. The number of aromatic nitrogens is 2. The van der Waals surface area contributed by atoms with E-state index in [9.17, 15) is 9.59 Å². The molecule has 2 aliphatic heterocycles. The second-order valence-corrected chi connectivity index (χ2v) is 7.03. The molecule has 7 nitrogen and oxygen atoms in total. The lowest BCUT2D eigenvalue weighted by atomic mass is 10.2. The molecule has 118 valence electrons. The fourth-order valence-corrected chi connectivity index (χ4v) is 3.91. The van der Waals surface area contributed by atoms with Crippen molar-refractivity contribution in [3.05, 3.63) is 11.7 Å². The lowest BCUT2D eigenvalue weighted by molar-refractivity contribution is -0.138. The highest BCUT2D eigenvalue weighted by Crippen LogP contribution is 2.40. The number of nitrogens with zero attached hydrogens (tertiary/aromatic N) is 4. The third kappa shape index (κ3) is 2.60. The SMILES string of the molecule is O=C1CSCN1CC(=O)N1CCC[C@H]1c1noc(C2CC2)n1. The van der Waals surface area contributed by atoms with Gasteiger partial charge >= 0.3 is 0 Å². The number of hydrogen-bond donors (Lipinski definition) is 0. The van der Waals surface area contributed by atoms with E-state index in [0.29, 0.717) is 35.8 Å². The monoisotopic (exact) mass is 322 g/mol. The van der Waals surface area contributed by atoms with Gasteiger partial charge in [-0.05, 0) is 25.7 Å². The molecular formula is C14H18N4O3S. The van der Waals surface area contributed by atoms with Gasteiger partial charge in [-0.25, -0.2) is 0 Å². The second kappa shape index (κ2) is 5.57.